The number of nitrogens with zero attached hydrogens (tertiary/aromatic N) is 2. The van der Waals surface area contributed by atoms with Crippen LogP contribution in [0.5, 0.6) is 0 Å². The molecule has 1 N–H and O–H groups in total. The molecule has 0 spiro atoms. The van der Waals surface area contributed by atoms with Crippen LogP contribution in [-0.4, -0.2) is 71.2 Å². The number of carboxylic acid groups (broad SMARTS) is 1. The average Bonchev–Trinajstić information content (AvgIpc) is 3.18. The molecule has 3 aliphatic rings. The number of ether oxygens (including phenoxy) is 1. The van der Waals surface area contributed by atoms with Crippen LogP contribution in [0.3, 0.4) is 0 Å². The third kappa shape index (κ3) is 2.66. The van der Waals surface area contributed by atoms with Crippen molar-refractivity contribution in [2.24, 2.45) is 0 Å². The molecule has 6 heteroatoms. The minimum absolute atomic E-state index is 0.136. The fourth-order valence-corrected chi connectivity index (χ4v) is 4.05. The van der Waals surface area contributed by atoms with Crippen molar-refractivity contribution in [2.45, 2.75) is 50.2 Å². The van der Waals surface area contributed by atoms with Crippen molar-refractivity contribution in [1.82, 2.24) is 9.80 Å². The van der Waals surface area contributed by atoms with Gasteiger partial charge in [0.05, 0.1) is 13.2 Å². The van der Waals surface area contributed by atoms with Crippen molar-refractivity contribution >= 4 is 11.9 Å². The van der Waals surface area contributed by atoms with Crippen LogP contribution in [0.25, 0.3) is 0 Å². The Bertz CT molecular complexity index is 414. The second-order valence-corrected chi connectivity index (χ2v) is 6.38. The molecule has 3 rings (SSSR count). The molecular weight excluding hydrogens is 272 g/mol. The molecule has 0 bridgehead atoms. The first-order valence-corrected chi connectivity index (χ1v) is 8.02. The summed E-state index contributed by atoms with van der Waals surface area (Å²) in [7, 11) is 0. The zero-order valence-corrected chi connectivity index (χ0v) is 12.4. The highest BCUT2D eigenvalue weighted by molar-refractivity contribution is 5.87. The average molecular weight is 296 g/mol. The highest BCUT2D eigenvalue weighted by atomic mass is 16.5. The van der Waals surface area contributed by atoms with Gasteiger partial charge in [-0.05, 0) is 38.8 Å². The Labute approximate surface area is 125 Å². The maximum Gasteiger partial charge on any atom is 0.334 e. The summed E-state index contributed by atoms with van der Waals surface area (Å²) in [6, 6.07) is 0. The Morgan fingerprint density at radius 1 is 1.05 bits per heavy atom. The van der Waals surface area contributed by atoms with E-state index in [-0.39, 0.29) is 18.0 Å². The molecule has 3 fully saturated rings. The monoisotopic (exact) mass is 296 g/mol. The number of carboxylic acids is 1. The molecule has 0 radical (unpaired) electrons. The molecule has 0 unspecified atom stereocenters. The molecule has 6 nitrogen and oxygen atoms in total. The molecule has 2 saturated heterocycles. The van der Waals surface area contributed by atoms with Crippen molar-refractivity contribution < 1.29 is 19.4 Å². The van der Waals surface area contributed by atoms with Crippen LogP contribution in [0, 0.1) is 0 Å². The van der Waals surface area contributed by atoms with Gasteiger partial charge in [-0.15, -0.1) is 0 Å². The summed E-state index contributed by atoms with van der Waals surface area (Å²) >= 11 is 0. The summed E-state index contributed by atoms with van der Waals surface area (Å²) in [5.41, 5.74) is -0.364. The van der Waals surface area contributed by atoms with Crippen LogP contribution in [0.15, 0.2) is 0 Å². The van der Waals surface area contributed by atoms with Crippen molar-refractivity contribution in [3.63, 3.8) is 0 Å². The highest BCUT2D eigenvalue weighted by Crippen LogP contribution is 2.39. The number of hydrogen-bond donors (Lipinski definition) is 1. The third-order valence-corrected chi connectivity index (χ3v) is 5.17. The largest absolute Gasteiger partial charge is 0.479 e. The SMILES string of the molecule is O=C(O)[C@H]1CN(C(=O)C2(N3CCCC3)CCCC2)CCO1. The normalized spacial score (nSPS) is 29.7. The second kappa shape index (κ2) is 5.93. The van der Waals surface area contributed by atoms with E-state index in [0.29, 0.717) is 13.2 Å². The van der Waals surface area contributed by atoms with Gasteiger partial charge in [-0.2, -0.15) is 0 Å². The van der Waals surface area contributed by atoms with Gasteiger partial charge in [-0.3, -0.25) is 9.69 Å². The number of amides is 1. The van der Waals surface area contributed by atoms with Crippen LogP contribution < -0.4 is 0 Å². The Morgan fingerprint density at radius 3 is 2.33 bits per heavy atom. The van der Waals surface area contributed by atoms with E-state index in [1.807, 2.05) is 0 Å². The van der Waals surface area contributed by atoms with Crippen molar-refractivity contribution in [1.29, 1.82) is 0 Å². The molecule has 2 heterocycles. The van der Waals surface area contributed by atoms with E-state index >= 15 is 0 Å². The quantitative estimate of drug-likeness (QED) is 0.830. The summed E-state index contributed by atoms with van der Waals surface area (Å²) in [6.45, 7) is 3.01. The fraction of sp³-hybridized carbons (Fsp3) is 0.867. The second-order valence-electron chi connectivity index (χ2n) is 6.38. The number of hydrogen-bond acceptors (Lipinski definition) is 4. The first-order valence-electron chi connectivity index (χ1n) is 8.02. The summed E-state index contributed by atoms with van der Waals surface area (Å²) in [5.74, 6) is -0.842. The maximum atomic E-state index is 13.1. The Kier molecular flexibility index (Phi) is 4.17. The summed E-state index contributed by atoms with van der Waals surface area (Å²) in [4.78, 5) is 28.3. The first-order chi connectivity index (χ1) is 10.1. The Morgan fingerprint density at radius 2 is 1.71 bits per heavy atom. The van der Waals surface area contributed by atoms with Gasteiger partial charge >= 0.3 is 5.97 Å². The standard InChI is InChI=1S/C15H24N2O4/c18-13(19)12-11-16(9-10-21-12)14(20)15(5-1-2-6-15)17-7-3-4-8-17/h12H,1-11H2,(H,18,19)/t12-/m1/s1. The van der Waals surface area contributed by atoms with E-state index in [2.05, 4.69) is 4.90 Å². The van der Waals surface area contributed by atoms with Crippen LogP contribution in [-0.2, 0) is 14.3 Å². The molecule has 0 aromatic heterocycles. The van der Waals surface area contributed by atoms with Gasteiger partial charge in [0.1, 0.15) is 5.54 Å². The number of carbonyl (C=O) groups is 2. The van der Waals surface area contributed by atoms with Gasteiger partial charge in [0.2, 0.25) is 5.91 Å². The molecule has 1 saturated carbocycles. The molecule has 21 heavy (non-hydrogen) atoms. The van der Waals surface area contributed by atoms with Crippen LogP contribution in [0.1, 0.15) is 38.5 Å². The Hall–Kier alpha value is -1.14. The van der Waals surface area contributed by atoms with E-state index < -0.39 is 12.1 Å². The lowest BCUT2D eigenvalue weighted by molar-refractivity contribution is -0.163. The van der Waals surface area contributed by atoms with Crippen molar-refractivity contribution in [3.8, 4) is 0 Å². The van der Waals surface area contributed by atoms with Gasteiger partial charge in [-0.1, -0.05) is 12.8 Å². The minimum Gasteiger partial charge on any atom is -0.479 e. The summed E-state index contributed by atoms with van der Waals surface area (Å²) in [6.07, 6.45) is 5.47. The van der Waals surface area contributed by atoms with Crippen LogP contribution >= 0.6 is 0 Å². The lowest BCUT2D eigenvalue weighted by Gasteiger charge is -2.42. The zero-order valence-electron chi connectivity index (χ0n) is 12.4. The topological polar surface area (TPSA) is 70.1 Å². The maximum absolute atomic E-state index is 13.1. The first kappa shape index (κ1) is 14.8. The van der Waals surface area contributed by atoms with Gasteiger partial charge in [0.15, 0.2) is 6.10 Å². The lowest BCUT2D eigenvalue weighted by atomic mass is 9.92. The predicted octanol–water partition coefficient (Wildman–Crippen LogP) is 0.707. The summed E-state index contributed by atoms with van der Waals surface area (Å²) in [5, 5.41) is 9.11. The number of morpholine rings is 1. The van der Waals surface area contributed by atoms with E-state index in [4.69, 9.17) is 9.84 Å². The molecule has 0 aromatic carbocycles. The Balaban J connectivity index is 1.76. The number of carbonyl (C=O) groups excluding carboxylic acids is 1. The molecule has 118 valence electrons. The van der Waals surface area contributed by atoms with E-state index in [9.17, 15) is 9.59 Å². The van der Waals surface area contributed by atoms with Gasteiger partial charge in [0.25, 0.3) is 0 Å². The van der Waals surface area contributed by atoms with Gasteiger partial charge in [0, 0.05) is 6.54 Å². The molecule has 1 atom stereocenters. The molecule has 0 aromatic rings. The third-order valence-electron chi connectivity index (χ3n) is 5.17. The number of likely N-dealkylation sites (tertiary alicyclic amines) is 1. The minimum atomic E-state index is -0.978. The van der Waals surface area contributed by atoms with Crippen molar-refractivity contribution in [3.05, 3.63) is 0 Å². The highest BCUT2D eigenvalue weighted by Gasteiger charge is 2.49. The molecule has 2 aliphatic heterocycles. The van der Waals surface area contributed by atoms with E-state index in [1.165, 1.54) is 0 Å². The number of aliphatic carboxylic acids is 1. The van der Waals surface area contributed by atoms with Crippen molar-refractivity contribution in [2.75, 3.05) is 32.8 Å². The van der Waals surface area contributed by atoms with Gasteiger partial charge < -0.3 is 14.7 Å². The molecule has 1 aliphatic carbocycles. The van der Waals surface area contributed by atoms with Crippen LogP contribution in [0.4, 0.5) is 0 Å². The van der Waals surface area contributed by atoms with Gasteiger partial charge in [-0.25, -0.2) is 4.79 Å². The lowest BCUT2D eigenvalue weighted by Crippen LogP contribution is -2.60. The molecular formula is C15H24N2O4. The number of rotatable bonds is 3. The smallest absolute Gasteiger partial charge is 0.334 e. The molecule has 1 amide bonds. The fourth-order valence-electron chi connectivity index (χ4n) is 4.05. The van der Waals surface area contributed by atoms with Crippen LogP contribution in [0.2, 0.25) is 0 Å². The van der Waals surface area contributed by atoms with E-state index in [0.717, 1.165) is 51.6 Å². The summed E-state index contributed by atoms with van der Waals surface area (Å²) < 4.78 is 5.23. The van der Waals surface area contributed by atoms with E-state index in [1.54, 1.807) is 4.90 Å². The zero-order chi connectivity index (χ0) is 14.9. The predicted molar refractivity (Wildman–Crippen MR) is 76.0 cm³/mol.